The van der Waals surface area contributed by atoms with Crippen molar-refractivity contribution in [1.82, 2.24) is 0 Å². The maximum Gasteiger partial charge on any atom is 0.138 e. The van der Waals surface area contributed by atoms with Crippen molar-refractivity contribution >= 4 is 27.3 Å². The summed E-state index contributed by atoms with van der Waals surface area (Å²) in [6.07, 6.45) is 0.911. The average Bonchev–Trinajstić information content (AvgIpc) is 2.81. The van der Waals surface area contributed by atoms with Crippen LogP contribution in [0.15, 0.2) is 34.8 Å². The molecule has 0 saturated heterocycles. The lowest BCUT2D eigenvalue weighted by Crippen LogP contribution is -2.05. The van der Waals surface area contributed by atoms with Gasteiger partial charge in [-0.1, -0.05) is 13.0 Å². The lowest BCUT2D eigenvalue weighted by Gasteiger charge is -2.04. The summed E-state index contributed by atoms with van der Waals surface area (Å²) in [5.41, 5.74) is 6.86. The molecule has 0 bridgehead atoms. The van der Waals surface area contributed by atoms with Gasteiger partial charge in [0, 0.05) is 15.8 Å². The zero-order valence-electron chi connectivity index (χ0n) is 9.41. The van der Waals surface area contributed by atoms with Gasteiger partial charge in [-0.15, -0.1) is 11.3 Å². The van der Waals surface area contributed by atoms with Crippen LogP contribution in [0.2, 0.25) is 0 Å². The molecule has 0 aliphatic heterocycles. The zero-order chi connectivity index (χ0) is 12.4. The normalized spacial score (nSPS) is 12.7. The molecule has 1 heterocycles. The molecule has 0 amide bonds. The standard InChI is InChI=1S/C13H13BrFNS/c1-2-11(16)13-6-5-12(17-13)8-3-4-9(14)10(15)7-8/h3-7,11H,2,16H2,1H3. The highest BCUT2D eigenvalue weighted by molar-refractivity contribution is 9.10. The SMILES string of the molecule is CCC(N)c1ccc(-c2ccc(Br)c(F)c2)s1. The van der Waals surface area contributed by atoms with Crippen LogP contribution in [0.4, 0.5) is 4.39 Å². The van der Waals surface area contributed by atoms with Crippen molar-refractivity contribution in [3.63, 3.8) is 0 Å². The Hall–Kier alpha value is -0.710. The summed E-state index contributed by atoms with van der Waals surface area (Å²) in [5.74, 6) is -0.239. The van der Waals surface area contributed by atoms with E-state index >= 15 is 0 Å². The Balaban J connectivity index is 2.33. The van der Waals surface area contributed by atoms with Crippen LogP contribution in [-0.2, 0) is 0 Å². The smallest absolute Gasteiger partial charge is 0.138 e. The van der Waals surface area contributed by atoms with E-state index in [2.05, 4.69) is 22.9 Å². The molecule has 1 unspecified atom stereocenters. The number of benzene rings is 1. The van der Waals surface area contributed by atoms with Gasteiger partial charge in [0.2, 0.25) is 0 Å². The summed E-state index contributed by atoms with van der Waals surface area (Å²) in [5, 5.41) is 0. The molecule has 1 atom stereocenters. The molecule has 1 aromatic heterocycles. The molecule has 17 heavy (non-hydrogen) atoms. The van der Waals surface area contributed by atoms with Gasteiger partial charge < -0.3 is 5.73 Å². The minimum absolute atomic E-state index is 0.0778. The zero-order valence-corrected chi connectivity index (χ0v) is 11.8. The lowest BCUT2D eigenvalue weighted by molar-refractivity contribution is 0.622. The molecule has 2 aromatic rings. The number of hydrogen-bond acceptors (Lipinski definition) is 2. The first-order chi connectivity index (χ1) is 8.11. The molecule has 2 rings (SSSR count). The number of thiophene rings is 1. The Bertz CT molecular complexity index is 524. The van der Waals surface area contributed by atoms with E-state index in [1.807, 2.05) is 18.2 Å². The van der Waals surface area contributed by atoms with Crippen LogP contribution in [0.5, 0.6) is 0 Å². The summed E-state index contributed by atoms with van der Waals surface area (Å²) >= 11 is 4.78. The molecule has 0 saturated carbocycles. The third-order valence-corrected chi connectivity index (χ3v) is 4.55. The molecule has 4 heteroatoms. The monoisotopic (exact) mass is 313 g/mol. The van der Waals surface area contributed by atoms with Crippen molar-refractivity contribution in [2.24, 2.45) is 5.73 Å². The van der Waals surface area contributed by atoms with Crippen LogP contribution in [0.3, 0.4) is 0 Å². The van der Waals surface area contributed by atoms with E-state index in [9.17, 15) is 4.39 Å². The van der Waals surface area contributed by atoms with E-state index in [0.717, 1.165) is 21.7 Å². The second kappa shape index (κ2) is 5.29. The second-order valence-electron chi connectivity index (χ2n) is 3.85. The maximum atomic E-state index is 13.4. The van der Waals surface area contributed by atoms with Crippen LogP contribution < -0.4 is 5.73 Å². The maximum absolute atomic E-state index is 13.4. The third kappa shape index (κ3) is 2.76. The lowest BCUT2D eigenvalue weighted by atomic mass is 10.1. The Labute approximate surface area is 113 Å². The number of nitrogens with two attached hydrogens (primary N) is 1. The Morgan fingerprint density at radius 2 is 2.12 bits per heavy atom. The highest BCUT2D eigenvalue weighted by atomic mass is 79.9. The van der Waals surface area contributed by atoms with Crippen molar-refractivity contribution in [3.05, 3.63) is 45.5 Å². The summed E-state index contributed by atoms with van der Waals surface area (Å²) in [7, 11) is 0. The Kier molecular flexibility index (Phi) is 3.97. The summed E-state index contributed by atoms with van der Waals surface area (Å²) in [6.45, 7) is 2.06. The fourth-order valence-corrected chi connectivity index (χ4v) is 2.89. The molecule has 0 spiro atoms. The topological polar surface area (TPSA) is 26.0 Å². The van der Waals surface area contributed by atoms with E-state index < -0.39 is 0 Å². The van der Waals surface area contributed by atoms with E-state index in [1.54, 1.807) is 17.4 Å². The predicted molar refractivity (Wildman–Crippen MR) is 74.6 cm³/mol. The van der Waals surface area contributed by atoms with Crippen LogP contribution in [0.1, 0.15) is 24.3 Å². The van der Waals surface area contributed by atoms with Gasteiger partial charge in [0.25, 0.3) is 0 Å². The van der Waals surface area contributed by atoms with E-state index in [1.165, 1.54) is 6.07 Å². The highest BCUT2D eigenvalue weighted by Gasteiger charge is 2.09. The van der Waals surface area contributed by atoms with E-state index in [0.29, 0.717) is 4.47 Å². The first kappa shape index (κ1) is 12.7. The molecule has 0 aliphatic carbocycles. The van der Waals surface area contributed by atoms with Crippen LogP contribution >= 0.6 is 27.3 Å². The molecular weight excluding hydrogens is 301 g/mol. The van der Waals surface area contributed by atoms with Crippen LogP contribution in [-0.4, -0.2) is 0 Å². The minimum Gasteiger partial charge on any atom is -0.323 e. The molecule has 90 valence electrons. The fraction of sp³-hybridized carbons (Fsp3) is 0.231. The van der Waals surface area contributed by atoms with Crippen LogP contribution in [0.25, 0.3) is 10.4 Å². The molecule has 2 N–H and O–H groups in total. The molecule has 1 nitrogen and oxygen atoms in total. The Morgan fingerprint density at radius 3 is 2.76 bits per heavy atom. The molecular formula is C13H13BrFNS. The fourth-order valence-electron chi connectivity index (χ4n) is 1.56. The van der Waals surface area contributed by atoms with Gasteiger partial charge >= 0.3 is 0 Å². The van der Waals surface area contributed by atoms with Crippen molar-refractivity contribution in [3.8, 4) is 10.4 Å². The highest BCUT2D eigenvalue weighted by Crippen LogP contribution is 2.33. The van der Waals surface area contributed by atoms with Gasteiger partial charge in [0.1, 0.15) is 5.82 Å². The summed E-state index contributed by atoms with van der Waals surface area (Å²) < 4.78 is 13.9. The third-order valence-electron chi connectivity index (χ3n) is 2.64. The van der Waals surface area contributed by atoms with Crippen molar-refractivity contribution in [1.29, 1.82) is 0 Å². The van der Waals surface area contributed by atoms with Gasteiger partial charge in [-0.2, -0.15) is 0 Å². The van der Waals surface area contributed by atoms with E-state index in [4.69, 9.17) is 5.73 Å². The van der Waals surface area contributed by atoms with Gasteiger partial charge in [-0.05, 0) is 52.2 Å². The largest absolute Gasteiger partial charge is 0.323 e. The van der Waals surface area contributed by atoms with Crippen molar-refractivity contribution in [2.45, 2.75) is 19.4 Å². The predicted octanol–water partition coefficient (Wildman–Crippen LogP) is 4.73. The quantitative estimate of drug-likeness (QED) is 0.871. The minimum atomic E-state index is -0.239. The summed E-state index contributed by atoms with van der Waals surface area (Å²) in [4.78, 5) is 2.20. The molecule has 1 aromatic carbocycles. The second-order valence-corrected chi connectivity index (χ2v) is 5.82. The van der Waals surface area contributed by atoms with Gasteiger partial charge in [0.05, 0.1) is 4.47 Å². The van der Waals surface area contributed by atoms with Crippen molar-refractivity contribution < 1.29 is 4.39 Å². The number of rotatable bonds is 3. The van der Waals surface area contributed by atoms with Gasteiger partial charge in [-0.3, -0.25) is 0 Å². The number of halogens is 2. The first-order valence-corrected chi connectivity index (χ1v) is 7.03. The average molecular weight is 314 g/mol. The Morgan fingerprint density at radius 1 is 1.35 bits per heavy atom. The number of hydrogen-bond donors (Lipinski definition) is 1. The van der Waals surface area contributed by atoms with Gasteiger partial charge in [0.15, 0.2) is 0 Å². The van der Waals surface area contributed by atoms with E-state index in [-0.39, 0.29) is 11.9 Å². The van der Waals surface area contributed by atoms with Crippen LogP contribution in [0, 0.1) is 5.82 Å². The summed E-state index contributed by atoms with van der Waals surface area (Å²) in [6, 6.07) is 9.27. The van der Waals surface area contributed by atoms with Gasteiger partial charge in [-0.25, -0.2) is 4.39 Å². The van der Waals surface area contributed by atoms with Crippen molar-refractivity contribution in [2.75, 3.05) is 0 Å². The molecule has 0 radical (unpaired) electrons. The molecule has 0 aliphatic rings. The molecule has 0 fully saturated rings. The first-order valence-electron chi connectivity index (χ1n) is 5.42.